The Balaban J connectivity index is 2.16. The number of carbonyl (C=O) groups excluding carboxylic acids is 1. The van der Waals surface area contributed by atoms with Gasteiger partial charge in [0.15, 0.2) is 0 Å². The number of hydrogen-bond donors (Lipinski definition) is 2. The van der Waals surface area contributed by atoms with E-state index in [0.717, 1.165) is 22.9 Å². The van der Waals surface area contributed by atoms with Gasteiger partial charge in [-0.15, -0.1) is 10.2 Å². The summed E-state index contributed by atoms with van der Waals surface area (Å²) in [5.41, 5.74) is 2.60. The van der Waals surface area contributed by atoms with E-state index in [1.54, 1.807) is 6.92 Å². The highest BCUT2D eigenvalue weighted by molar-refractivity contribution is 8.00. The highest BCUT2D eigenvalue weighted by Gasteiger charge is 2.38. The molecule has 1 heterocycles. The second-order valence-electron chi connectivity index (χ2n) is 6.12. The molecule has 1 aromatic carbocycles. The van der Waals surface area contributed by atoms with Gasteiger partial charge in [-0.05, 0) is 30.9 Å². The number of amides is 1. The minimum Gasteiger partial charge on any atom is -0.335 e. The van der Waals surface area contributed by atoms with Crippen LogP contribution >= 0.6 is 11.8 Å². The number of hydrogen-bond acceptors (Lipinski definition) is 5. The van der Waals surface area contributed by atoms with E-state index in [9.17, 15) is 18.0 Å². The molecule has 1 aromatic heterocycles. The van der Waals surface area contributed by atoms with Gasteiger partial charge in [0.1, 0.15) is 0 Å². The summed E-state index contributed by atoms with van der Waals surface area (Å²) in [6.45, 7) is 7.47. The number of aryl methyl sites for hydroxylation is 1. The van der Waals surface area contributed by atoms with Crippen LogP contribution < -0.4 is 11.2 Å². The fourth-order valence-corrected chi connectivity index (χ4v) is 3.10. The smallest absolute Gasteiger partial charge is 0.335 e. The van der Waals surface area contributed by atoms with Gasteiger partial charge in [0.05, 0.1) is 5.25 Å². The van der Waals surface area contributed by atoms with Gasteiger partial charge in [0, 0.05) is 5.69 Å². The van der Waals surface area contributed by atoms with Crippen LogP contribution in [0.15, 0.2) is 23.4 Å². The standard InChI is InChI=1S/C16H20F3N5OS/c1-8(2)11-7-5-6-9(3)12(11)21-13(25)10(4)26-15-23-22-14(24(15)20)16(17,18)19/h5-8,10H,20H2,1-4H3,(H,21,25). The van der Waals surface area contributed by atoms with Crippen molar-refractivity contribution in [3.05, 3.63) is 35.2 Å². The fourth-order valence-electron chi connectivity index (χ4n) is 2.33. The topological polar surface area (TPSA) is 85.8 Å². The predicted molar refractivity (Wildman–Crippen MR) is 94.4 cm³/mol. The van der Waals surface area contributed by atoms with Crippen LogP contribution in [0.4, 0.5) is 18.9 Å². The Hall–Kier alpha value is -2.23. The normalized spacial score (nSPS) is 13.1. The van der Waals surface area contributed by atoms with E-state index >= 15 is 0 Å². The molecule has 0 saturated heterocycles. The van der Waals surface area contributed by atoms with Gasteiger partial charge >= 0.3 is 6.18 Å². The molecular weight excluding hydrogens is 367 g/mol. The molecule has 2 rings (SSSR count). The van der Waals surface area contributed by atoms with Crippen LogP contribution in [-0.2, 0) is 11.0 Å². The third kappa shape index (κ3) is 4.29. The maximum absolute atomic E-state index is 12.7. The Kier molecular flexibility index (Phi) is 5.84. The summed E-state index contributed by atoms with van der Waals surface area (Å²) >= 11 is 0.807. The van der Waals surface area contributed by atoms with Crippen molar-refractivity contribution < 1.29 is 18.0 Å². The van der Waals surface area contributed by atoms with E-state index < -0.39 is 17.3 Å². The largest absolute Gasteiger partial charge is 0.453 e. The molecule has 0 aliphatic rings. The monoisotopic (exact) mass is 387 g/mol. The van der Waals surface area contributed by atoms with Crippen molar-refractivity contribution in [1.82, 2.24) is 14.9 Å². The first-order valence-electron chi connectivity index (χ1n) is 7.87. The Morgan fingerprint density at radius 3 is 2.46 bits per heavy atom. The van der Waals surface area contributed by atoms with Crippen molar-refractivity contribution in [2.75, 3.05) is 11.2 Å². The second-order valence-corrected chi connectivity index (χ2v) is 7.43. The van der Waals surface area contributed by atoms with Crippen LogP contribution in [0.3, 0.4) is 0 Å². The number of aromatic nitrogens is 3. The maximum atomic E-state index is 12.7. The first kappa shape index (κ1) is 20.1. The molecule has 0 fully saturated rings. The maximum Gasteiger partial charge on any atom is 0.453 e. The van der Waals surface area contributed by atoms with E-state index in [1.165, 1.54) is 0 Å². The Morgan fingerprint density at radius 1 is 1.27 bits per heavy atom. The minimum atomic E-state index is -4.71. The van der Waals surface area contributed by atoms with Crippen molar-refractivity contribution in [3.63, 3.8) is 0 Å². The van der Waals surface area contributed by atoms with E-state index in [2.05, 4.69) is 15.5 Å². The number of nitrogens with zero attached hydrogens (tertiary/aromatic N) is 3. The first-order valence-corrected chi connectivity index (χ1v) is 8.75. The molecule has 1 amide bonds. The molecule has 10 heteroatoms. The molecule has 3 N–H and O–H groups in total. The molecular formula is C16H20F3N5OS. The quantitative estimate of drug-likeness (QED) is 0.605. The summed E-state index contributed by atoms with van der Waals surface area (Å²) in [6, 6.07) is 5.72. The van der Waals surface area contributed by atoms with E-state index in [4.69, 9.17) is 5.84 Å². The van der Waals surface area contributed by atoms with Gasteiger partial charge in [-0.1, -0.05) is 43.8 Å². The number of benzene rings is 1. The molecule has 1 unspecified atom stereocenters. The fraction of sp³-hybridized carbons (Fsp3) is 0.438. The Morgan fingerprint density at radius 2 is 1.92 bits per heavy atom. The van der Waals surface area contributed by atoms with E-state index in [0.29, 0.717) is 10.4 Å². The van der Waals surface area contributed by atoms with Gasteiger partial charge < -0.3 is 11.2 Å². The minimum absolute atomic E-state index is 0.186. The number of nitrogen functional groups attached to an aromatic ring is 1. The van der Waals surface area contributed by atoms with Crippen LogP contribution in [0.5, 0.6) is 0 Å². The summed E-state index contributed by atoms with van der Waals surface area (Å²) < 4.78 is 38.5. The number of alkyl halides is 3. The summed E-state index contributed by atoms with van der Waals surface area (Å²) in [4.78, 5) is 12.5. The molecule has 1 atom stereocenters. The van der Waals surface area contributed by atoms with Crippen molar-refractivity contribution in [2.24, 2.45) is 0 Å². The average Bonchev–Trinajstić information content (AvgIpc) is 2.89. The van der Waals surface area contributed by atoms with E-state index in [-0.39, 0.29) is 17.0 Å². The highest BCUT2D eigenvalue weighted by Crippen LogP contribution is 2.31. The van der Waals surface area contributed by atoms with Gasteiger partial charge in [-0.3, -0.25) is 4.79 Å². The third-order valence-corrected chi connectivity index (χ3v) is 4.80. The van der Waals surface area contributed by atoms with Crippen molar-refractivity contribution in [3.8, 4) is 0 Å². The summed E-state index contributed by atoms with van der Waals surface area (Å²) in [5.74, 6) is 3.93. The highest BCUT2D eigenvalue weighted by atomic mass is 32.2. The summed E-state index contributed by atoms with van der Waals surface area (Å²) in [5, 5.41) is 8.42. The van der Waals surface area contributed by atoms with Gasteiger partial charge in [-0.2, -0.15) is 13.2 Å². The third-order valence-electron chi connectivity index (χ3n) is 3.74. The Labute approximate surface area is 153 Å². The molecule has 0 aliphatic carbocycles. The van der Waals surface area contributed by atoms with Crippen molar-refractivity contribution >= 4 is 23.4 Å². The first-order chi connectivity index (χ1) is 12.0. The molecule has 0 radical (unpaired) electrons. The summed E-state index contributed by atoms with van der Waals surface area (Å²) in [6.07, 6.45) is -4.71. The van der Waals surface area contributed by atoms with Crippen LogP contribution in [0.2, 0.25) is 0 Å². The summed E-state index contributed by atoms with van der Waals surface area (Å²) in [7, 11) is 0. The zero-order chi connectivity index (χ0) is 19.6. The molecule has 0 aliphatic heterocycles. The Bertz CT molecular complexity index is 804. The second kappa shape index (κ2) is 7.56. The molecule has 2 aromatic rings. The van der Waals surface area contributed by atoms with Gasteiger partial charge in [0.25, 0.3) is 5.82 Å². The number of anilines is 1. The zero-order valence-corrected chi connectivity index (χ0v) is 15.6. The zero-order valence-electron chi connectivity index (χ0n) is 14.8. The SMILES string of the molecule is Cc1cccc(C(C)C)c1NC(=O)C(C)Sc1nnc(C(F)(F)F)n1N. The number of halogens is 3. The number of rotatable bonds is 5. The molecule has 0 saturated carbocycles. The van der Waals surface area contributed by atoms with Crippen molar-refractivity contribution in [1.29, 1.82) is 0 Å². The number of nitrogens with two attached hydrogens (primary N) is 1. The van der Waals surface area contributed by atoms with Crippen LogP contribution in [0.25, 0.3) is 0 Å². The average molecular weight is 387 g/mol. The predicted octanol–water partition coefficient (Wildman–Crippen LogP) is 3.56. The molecule has 26 heavy (non-hydrogen) atoms. The van der Waals surface area contributed by atoms with Gasteiger partial charge in [0.2, 0.25) is 11.1 Å². The lowest BCUT2D eigenvalue weighted by molar-refractivity contribution is -0.146. The van der Waals surface area contributed by atoms with Crippen LogP contribution in [0, 0.1) is 6.92 Å². The van der Waals surface area contributed by atoms with Crippen LogP contribution in [0.1, 0.15) is 43.6 Å². The molecule has 142 valence electrons. The number of nitrogens with one attached hydrogen (secondary N) is 1. The number of para-hydroxylation sites is 1. The molecule has 0 spiro atoms. The number of thioether (sulfide) groups is 1. The molecule has 6 nitrogen and oxygen atoms in total. The van der Waals surface area contributed by atoms with Crippen LogP contribution in [-0.4, -0.2) is 26.0 Å². The molecule has 0 bridgehead atoms. The lowest BCUT2D eigenvalue weighted by Crippen LogP contribution is -2.26. The van der Waals surface area contributed by atoms with E-state index in [1.807, 2.05) is 39.0 Å². The van der Waals surface area contributed by atoms with Gasteiger partial charge in [-0.25, -0.2) is 4.68 Å². The lowest BCUT2D eigenvalue weighted by Gasteiger charge is -2.18. The number of carbonyl (C=O) groups is 1. The van der Waals surface area contributed by atoms with Crippen molar-refractivity contribution in [2.45, 2.75) is 50.2 Å². The lowest BCUT2D eigenvalue weighted by atomic mass is 9.98.